The summed E-state index contributed by atoms with van der Waals surface area (Å²) in [6.07, 6.45) is 1.06. The van der Waals surface area contributed by atoms with E-state index in [0.717, 1.165) is 44.1 Å². The van der Waals surface area contributed by atoms with Gasteiger partial charge in [-0.2, -0.15) is 0 Å². The third-order valence-corrected chi connectivity index (χ3v) is 4.94. The van der Waals surface area contributed by atoms with Crippen molar-refractivity contribution in [3.63, 3.8) is 0 Å². The molecule has 0 bridgehead atoms. The van der Waals surface area contributed by atoms with Crippen LogP contribution in [0.5, 0.6) is 0 Å². The van der Waals surface area contributed by atoms with E-state index in [1.54, 1.807) is 0 Å². The number of rotatable bonds is 4. The van der Waals surface area contributed by atoms with Crippen LogP contribution in [-0.4, -0.2) is 38.3 Å². The maximum Gasteiger partial charge on any atom is 0.255 e. The molecule has 1 heterocycles. The molecule has 3 N–H and O–H groups in total. The van der Waals surface area contributed by atoms with Gasteiger partial charge >= 0.3 is 0 Å². The quantitative estimate of drug-likeness (QED) is 0.900. The average Bonchev–Trinajstić information content (AvgIpc) is 3.40. The summed E-state index contributed by atoms with van der Waals surface area (Å²) in [7, 11) is 0. The van der Waals surface area contributed by atoms with E-state index in [4.69, 9.17) is 10.5 Å². The van der Waals surface area contributed by atoms with Crippen molar-refractivity contribution in [2.75, 3.05) is 36.5 Å². The Morgan fingerprint density at radius 3 is 2.28 bits per heavy atom. The zero-order valence-electron chi connectivity index (χ0n) is 14.2. The van der Waals surface area contributed by atoms with Crippen LogP contribution in [0.25, 0.3) is 0 Å². The summed E-state index contributed by atoms with van der Waals surface area (Å²) in [4.78, 5) is 14.7. The molecular weight excluding hydrogens is 314 g/mol. The Kier molecular flexibility index (Phi) is 4.42. The van der Waals surface area contributed by atoms with Gasteiger partial charge in [0.15, 0.2) is 0 Å². The van der Waals surface area contributed by atoms with Crippen LogP contribution in [0.4, 0.5) is 11.4 Å². The van der Waals surface area contributed by atoms with E-state index < -0.39 is 0 Å². The van der Waals surface area contributed by atoms with E-state index in [2.05, 4.69) is 22.3 Å². The molecule has 2 atom stereocenters. The van der Waals surface area contributed by atoms with E-state index >= 15 is 0 Å². The van der Waals surface area contributed by atoms with Crippen LogP contribution < -0.4 is 16.0 Å². The number of carbonyl (C=O) groups is 1. The second-order valence-corrected chi connectivity index (χ2v) is 6.73. The number of benzene rings is 2. The fourth-order valence-corrected chi connectivity index (χ4v) is 3.26. The molecule has 1 amide bonds. The SMILES string of the molecule is NC1CC1c1ccc(NC(=O)c2ccc(N3CCOCC3)cc2)cc1. The summed E-state index contributed by atoms with van der Waals surface area (Å²) < 4.78 is 5.37. The summed E-state index contributed by atoms with van der Waals surface area (Å²) in [5, 5.41) is 2.95. The number of hydrogen-bond acceptors (Lipinski definition) is 4. The van der Waals surface area contributed by atoms with Crippen molar-refractivity contribution in [3.8, 4) is 0 Å². The number of morpholine rings is 1. The molecule has 0 radical (unpaired) electrons. The first-order valence-corrected chi connectivity index (χ1v) is 8.80. The lowest BCUT2D eigenvalue weighted by Crippen LogP contribution is -2.36. The molecule has 130 valence electrons. The van der Waals surface area contributed by atoms with Crippen molar-refractivity contribution in [2.24, 2.45) is 5.73 Å². The molecule has 25 heavy (non-hydrogen) atoms. The van der Waals surface area contributed by atoms with Gasteiger partial charge < -0.3 is 20.7 Å². The fourth-order valence-electron chi connectivity index (χ4n) is 3.26. The smallest absolute Gasteiger partial charge is 0.255 e. The molecule has 0 aromatic heterocycles. The zero-order valence-corrected chi connectivity index (χ0v) is 14.2. The summed E-state index contributed by atoms with van der Waals surface area (Å²) >= 11 is 0. The highest BCUT2D eigenvalue weighted by Gasteiger charge is 2.34. The Balaban J connectivity index is 1.38. The van der Waals surface area contributed by atoms with E-state index in [-0.39, 0.29) is 5.91 Å². The number of nitrogens with one attached hydrogen (secondary N) is 1. The number of nitrogens with zero attached hydrogens (tertiary/aromatic N) is 1. The predicted octanol–water partition coefficient (Wildman–Crippen LogP) is 2.59. The van der Waals surface area contributed by atoms with Crippen LogP contribution in [0.3, 0.4) is 0 Å². The summed E-state index contributed by atoms with van der Waals surface area (Å²) in [5.74, 6) is 0.391. The summed E-state index contributed by atoms with van der Waals surface area (Å²) in [6, 6.07) is 16.0. The van der Waals surface area contributed by atoms with Gasteiger partial charge in [-0.25, -0.2) is 0 Å². The van der Waals surface area contributed by atoms with Crippen molar-refractivity contribution in [2.45, 2.75) is 18.4 Å². The Morgan fingerprint density at radius 2 is 1.68 bits per heavy atom. The molecule has 2 unspecified atom stereocenters. The van der Waals surface area contributed by atoms with Gasteiger partial charge in [0, 0.05) is 42.0 Å². The minimum Gasteiger partial charge on any atom is -0.378 e. The van der Waals surface area contributed by atoms with Crippen molar-refractivity contribution in [3.05, 3.63) is 59.7 Å². The number of hydrogen-bond donors (Lipinski definition) is 2. The molecule has 4 rings (SSSR count). The molecule has 5 heteroatoms. The molecule has 2 aromatic carbocycles. The maximum atomic E-state index is 12.4. The lowest BCUT2D eigenvalue weighted by Gasteiger charge is -2.28. The monoisotopic (exact) mass is 337 g/mol. The molecule has 0 spiro atoms. The largest absolute Gasteiger partial charge is 0.378 e. The molecule has 1 aliphatic heterocycles. The van der Waals surface area contributed by atoms with Crippen LogP contribution >= 0.6 is 0 Å². The van der Waals surface area contributed by atoms with E-state index in [1.165, 1.54) is 5.56 Å². The van der Waals surface area contributed by atoms with Crippen molar-refractivity contribution in [1.29, 1.82) is 0 Å². The second kappa shape index (κ2) is 6.86. The van der Waals surface area contributed by atoms with Crippen molar-refractivity contribution >= 4 is 17.3 Å². The van der Waals surface area contributed by atoms with E-state index in [1.807, 2.05) is 36.4 Å². The van der Waals surface area contributed by atoms with Gasteiger partial charge in [-0.3, -0.25) is 4.79 Å². The van der Waals surface area contributed by atoms with Crippen molar-refractivity contribution < 1.29 is 9.53 Å². The molecular formula is C20H23N3O2. The van der Waals surface area contributed by atoms with Gasteiger partial charge in [0.2, 0.25) is 0 Å². The highest BCUT2D eigenvalue weighted by atomic mass is 16.5. The molecule has 1 saturated carbocycles. The lowest BCUT2D eigenvalue weighted by atomic mass is 10.1. The average molecular weight is 337 g/mol. The van der Waals surface area contributed by atoms with Gasteiger partial charge in [0.05, 0.1) is 13.2 Å². The third-order valence-electron chi connectivity index (χ3n) is 4.94. The molecule has 1 saturated heterocycles. The Labute approximate surface area is 147 Å². The van der Waals surface area contributed by atoms with Crippen LogP contribution in [-0.2, 0) is 4.74 Å². The van der Waals surface area contributed by atoms with Gasteiger partial charge in [-0.15, -0.1) is 0 Å². The molecule has 2 aliphatic rings. The standard InChI is InChI=1S/C20H23N3O2/c21-19-13-18(19)14-1-5-16(6-2-14)22-20(24)15-3-7-17(8-4-15)23-9-11-25-12-10-23/h1-8,18-19H,9-13,21H2,(H,22,24). The topological polar surface area (TPSA) is 67.6 Å². The summed E-state index contributed by atoms with van der Waals surface area (Å²) in [6.45, 7) is 3.29. The minimum atomic E-state index is -0.0931. The Morgan fingerprint density at radius 1 is 1.04 bits per heavy atom. The van der Waals surface area contributed by atoms with Crippen LogP contribution in [0.15, 0.2) is 48.5 Å². The van der Waals surface area contributed by atoms with Gasteiger partial charge in [-0.05, 0) is 48.4 Å². The first kappa shape index (κ1) is 16.1. The number of carbonyl (C=O) groups excluding carboxylic acids is 1. The second-order valence-electron chi connectivity index (χ2n) is 6.73. The van der Waals surface area contributed by atoms with E-state index in [9.17, 15) is 4.79 Å². The number of ether oxygens (including phenoxy) is 1. The lowest BCUT2D eigenvalue weighted by molar-refractivity contribution is 0.102. The number of amides is 1. The van der Waals surface area contributed by atoms with Gasteiger partial charge in [-0.1, -0.05) is 12.1 Å². The highest BCUT2D eigenvalue weighted by Crippen LogP contribution is 2.39. The van der Waals surface area contributed by atoms with E-state index in [0.29, 0.717) is 17.5 Å². The Hall–Kier alpha value is -2.37. The number of nitrogens with two attached hydrogens (primary N) is 1. The zero-order chi connectivity index (χ0) is 17.2. The first-order chi connectivity index (χ1) is 12.2. The molecule has 2 fully saturated rings. The van der Waals surface area contributed by atoms with Crippen molar-refractivity contribution in [1.82, 2.24) is 0 Å². The normalized spacial score (nSPS) is 22.5. The van der Waals surface area contributed by atoms with Crippen LogP contribution in [0.1, 0.15) is 28.3 Å². The molecule has 2 aromatic rings. The highest BCUT2D eigenvalue weighted by molar-refractivity contribution is 6.04. The Bertz CT molecular complexity index is 737. The fraction of sp³-hybridized carbons (Fsp3) is 0.350. The third kappa shape index (κ3) is 3.67. The predicted molar refractivity (Wildman–Crippen MR) is 99.2 cm³/mol. The summed E-state index contributed by atoms with van der Waals surface area (Å²) in [5.41, 5.74) is 9.72. The van der Waals surface area contributed by atoms with Gasteiger partial charge in [0.1, 0.15) is 0 Å². The minimum absolute atomic E-state index is 0.0931. The van der Waals surface area contributed by atoms with Gasteiger partial charge in [0.25, 0.3) is 5.91 Å². The van der Waals surface area contributed by atoms with Crippen LogP contribution in [0, 0.1) is 0 Å². The maximum absolute atomic E-state index is 12.4. The molecule has 1 aliphatic carbocycles. The van der Waals surface area contributed by atoms with Crippen LogP contribution in [0.2, 0.25) is 0 Å². The first-order valence-electron chi connectivity index (χ1n) is 8.80. The molecule has 5 nitrogen and oxygen atoms in total. The number of anilines is 2.